The molecule has 2 aliphatic heterocycles. The molecule has 133 heavy (non-hydrogen) atoms. The van der Waals surface area contributed by atoms with Crippen molar-refractivity contribution in [3.8, 4) is 0 Å². The SMILES string of the molecule is CC(=O)N[n+]1coc2cc(B(O)O)ccc21.CC(=O)N[n+]1coc2ccc(B(O)O)cc21.CC(=O)Nc1nc2ccc(B(O)O)cc2o1.CC1(C)OB(c2ccc3onc(NC4CC4)c3c2)OC1(C)C.CNc1noc2ccc(B(O)O)cc12.CNc1noc2ccc(B3OC(C)(C)C(C)(C)O3)cc12.Nc1nc2cc(B(O)O)ccc2o1.OB(O)c1ccc2onc(NC3CC3)c2c1. The summed E-state index contributed by atoms with van der Waals surface area (Å²) in [6.07, 6.45) is 7.36. The highest BCUT2D eigenvalue weighted by molar-refractivity contribution is 6.64. The molecule has 51 heteroatoms. The molecule has 4 fully saturated rings. The first-order valence-electron chi connectivity index (χ1n) is 41.6. The van der Waals surface area contributed by atoms with E-state index in [0.717, 1.165) is 68.1 Å². The fourth-order valence-corrected chi connectivity index (χ4v) is 13.0. The number of amides is 3. The largest absolute Gasteiger partial charge is 0.494 e. The van der Waals surface area contributed by atoms with E-state index in [9.17, 15) is 14.4 Å². The number of nitrogens with one attached hydrogen (secondary N) is 7. The zero-order valence-corrected chi connectivity index (χ0v) is 74.3. The molecule has 2 aliphatic carbocycles. The number of hydrogen-bond acceptors (Lipinski definition) is 38. The number of nitrogens with zero attached hydrogens (tertiary/aromatic N) is 8. The quantitative estimate of drug-likeness (QED) is 0.0423. The number of nitrogens with two attached hydrogens (primary N) is 1. The monoisotopic (exact) mass is 1820 g/mol. The van der Waals surface area contributed by atoms with E-state index in [1.54, 1.807) is 73.8 Å². The molecule has 2 saturated heterocycles. The summed E-state index contributed by atoms with van der Waals surface area (Å²) in [6.45, 7) is 20.5. The van der Waals surface area contributed by atoms with Crippen molar-refractivity contribution in [3.63, 3.8) is 0 Å². The summed E-state index contributed by atoms with van der Waals surface area (Å²) < 4.78 is 68.5. The predicted molar refractivity (Wildman–Crippen MR) is 498 cm³/mol. The van der Waals surface area contributed by atoms with Crippen LogP contribution in [0, 0.1) is 0 Å². The van der Waals surface area contributed by atoms with Crippen molar-refractivity contribution >= 4 is 242 Å². The Morgan fingerprint density at radius 3 is 1.17 bits per heavy atom. The van der Waals surface area contributed by atoms with Crippen LogP contribution in [-0.2, 0) is 33.0 Å². The highest BCUT2D eigenvalue weighted by Crippen LogP contribution is 2.39. The molecule has 8 aromatic carbocycles. The minimum atomic E-state index is -1.56. The lowest BCUT2D eigenvalue weighted by Gasteiger charge is -2.32. The number of rotatable bonds is 17. The van der Waals surface area contributed by atoms with E-state index in [-0.39, 0.29) is 66.4 Å². The maximum atomic E-state index is 10.9. The number of aromatic nitrogens is 8. The average Bonchev–Trinajstić information content (AvgIpc) is 1.61. The third-order valence-electron chi connectivity index (χ3n) is 21.9. The summed E-state index contributed by atoms with van der Waals surface area (Å²) in [4.78, 5) is 40.4. The van der Waals surface area contributed by atoms with Crippen LogP contribution in [0.15, 0.2) is 194 Å². The molecular weight excluding hydrogens is 1730 g/mol. The van der Waals surface area contributed by atoms with Crippen molar-refractivity contribution in [3.05, 3.63) is 158 Å². The molecule has 8 aromatic heterocycles. The first kappa shape index (κ1) is 97.3. The fourth-order valence-electron chi connectivity index (χ4n) is 13.0. The van der Waals surface area contributed by atoms with Gasteiger partial charge in [-0.05, 0) is 219 Å². The van der Waals surface area contributed by atoms with Gasteiger partial charge in [0.1, 0.15) is 11.0 Å². The van der Waals surface area contributed by atoms with Gasteiger partial charge in [-0.15, -0.1) is 10.9 Å². The van der Waals surface area contributed by atoms with Gasteiger partial charge in [-0.1, -0.05) is 69.2 Å². The molecule has 0 spiro atoms. The number of oxazole rings is 4. The minimum Gasteiger partial charge on any atom is -0.424 e. The highest BCUT2D eigenvalue weighted by Gasteiger charge is 2.53. The lowest BCUT2D eigenvalue weighted by molar-refractivity contribution is -0.620. The molecule has 21 N–H and O–H groups in total. The van der Waals surface area contributed by atoms with Crippen LogP contribution in [0.25, 0.3) is 88.3 Å². The Bertz CT molecular complexity index is 6740. The summed E-state index contributed by atoms with van der Waals surface area (Å²) in [6, 6.07) is 41.4. The molecule has 3 amide bonds. The number of nitrogen functional groups attached to an aromatic ring is 1. The van der Waals surface area contributed by atoms with Gasteiger partial charge in [0, 0.05) is 59.1 Å². The molecule has 0 bridgehead atoms. The van der Waals surface area contributed by atoms with Crippen molar-refractivity contribution in [1.29, 1.82) is 0 Å². The first-order valence-corrected chi connectivity index (χ1v) is 41.6. The number of fused-ring (bicyclic) bond motifs is 8. The van der Waals surface area contributed by atoms with E-state index >= 15 is 0 Å². The van der Waals surface area contributed by atoms with Crippen molar-refractivity contribution < 1.29 is 138 Å². The van der Waals surface area contributed by atoms with E-state index in [2.05, 4.69) is 102 Å². The maximum absolute atomic E-state index is 10.9. The van der Waals surface area contributed by atoms with Crippen LogP contribution in [-0.4, -0.2) is 214 Å². The van der Waals surface area contributed by atoms with Gasteiger partial charge in [-0.25, -0.2) is 0 Å². The maximum Gasteiger partial charge on any atom is 0.494 e. The van der Waals surface area contributed by atoms with Crippen molar-refractivity contribution in [2.24, 2.45) is 0 Å². The zero-order valence-electron chi connectivity index (χ0n) is 74.3. The third-order valence-corrected chi connectivity index (χ3v) is 21.9. The molecule has 4 aliphatic rings. The van der Waals surface area contributed by atoms with E-state index in [4.69, 9.17) is 120 Å². The molecule has 0 atom stereocenters. The van der Waals surface area contributed by atoms with Gasteiger partial charge < -0.3 is 142 Å². The molecule has 2 saturated carbocycles. The molecule has 10 heterocycles. The van der Waals surface area contributed by atoms with Crippen LogP contribution < -0.4 is 96.2 Å². The Balaban J connectivity index is 0.000000130. The van der Waals surface area contributed by atoms with Gasteiger partial charge in [0.05, 0.1) is 43.9 Å². The van der Waals surface area contributed by atoms with Gasteiger partial charge in [-0.3, -0.25) is 19.7 Å². The number of benzene rings is 8. The van der Waals surface area contributed by atoms with Crippen LogP contribution in [0.2, 0.25) is 0 Å². The van der Waals surface area contributed by atoms with Crippen molar-refractivity contribution in [2.75, 3.05) is 57.3 Å². The lowest BCUT2D eigenvalue weighted by atomic mass is 9.78. The Labute approximate surface area is 759 Å². The number of carbonyl (C=O) groups is 3. The Hall–Kier alpha value is -13.2. The molecule has 688 valence electrons. The third kappa shape index (κ3) is 23.8. The summed E-state index contributed by atoms with van der Waals surface area (Å²) >= 11 is 0. The second kappa shape index (κ2) is 40.9. The lowest BCUT2D eigenvalue weighted by Crippen LogP contribution is -2.46. The fraction of sp³-hybridized carbons (Fsp3) is 0.280. The molecule has 16 aromatic rings. The second-order valence-electron chi connectivity index (χ2n) is 33.1. The van der Waals surface area contributed by atoms with Crippen molar-refractivity contribution in [1.82, 2.24) is 30.6 Å². The summed E-state index contributed by atoms with van der Waals surface area (Å²) in [5, 5.41) is 142. The standard InChI is InChI=1S/C16H21BN2O3.C14H19BN2O3.C10H11BN2O3.3C9H9BN2O4.C8H9BN2O3.C7H7BN2O3/c1-15(2)16(3,4)22-17(21-15)10-5-8-13-12(9-10)14(19-20-13)18-11-6-7-11;1-13(2)14(3,4)20-15(19-13)9-6-7-11-10(8-9)12(16-5)17-18-11;14-11(15)6-1-4-9-8(5-6)10(13-16-9)12-7-2-3-7;1-6(13)11-12-5-16-9-3-2-7(10(14)15)4-8(9)12;1-6(13)11-12-5-16-9-4-7(10(14)15)2-3-8(9)12;1-5(13)11-9-12-7-3-2-6(10(14)15)4-8(7)16-9;1-10-8-6-4-5(9(12)13)2-3-7(6)14-11-8;9-7-10-5-3-4(8(11)12)1-2-6(5)13-7/h5,8-9,11H,6-7H2,1-4H3,(H,18,19);6-8H,1-5H3,(H,16,17);1,4-5,7,14-15H,2-3H2,(H,12,13);2*2-5,14-15H,1H3;2-4,14-15H,1H3,(H,11,12,13);2-4,12-13H,1H3,(H,10,11);1-3,11-12H,(H2,9,10)/p+2. The topological polar surface area (TPSA) is 631 Å². The number of carbonyl (C=O) groups excluding carboxylic acids is 3. The Kier molecular flexibility index (Phi) is 29.9. The summed E-state index contributed by atoms with van der Waals surface area (Å²) in [5.41, 5.74) is 20.1. The van der Waals surface area contributed by atoms with Crippen LogP contribution in [0.1, 0.15) is 102 Å². The summed E-state index contributed by atoms with van der Waals surface area (Å²) in [7, 11) is -6.28. The van der Waals surface area contributed by atoms with Gasteiger partial charge in [0.15, 0.2) is 56.8 Å². The van der Waals surface area contributed by atoms with Gasteiger partial charge >= 0.3 is 75.7 Å². The van der Waals surface area contributed by atoms with Gasteiger partial charge in [0.2, 0.25) is 17.1 Å². The van der Waals surface area contributed by atoms with Crippen LogP contribution in [0.4, 0.5) is 35.3 Å². The van der Waals surface area contributed by atoms with Crippen LogP contribution in [0.3, 0.4) is 0 Å². The van der Waals surface area contributed by atoms with Crippen molar-refractivity contribution in [2.45, 2.75) is 136 Å². The number of hydrogen-bond donors (Lipinski definition) is 20. The first-order chi connectivity index (χ1) is 63.0. The van der Waals surface area contributed by atoms with Gasteiger partial charge in [-0.2, -0.15) is 9.97 Å². The number of anilines is 6. The van der Waals surface area contributed by atoms with E-state index < -0.39 is 42.7 Å². The van der Waals surface area contributed by atoms with E-state index in [0.29, 0.717) is 112 Å². The van der Waals surface area contributed by atoms with E-state index in [1.165, 1.54) is 98.2 Å². The van der Waals surface area contributed by atoms with Crippen LogP contribution >= 0.6 is 0 Å². The van der Waals surface area contributed by atoms with Crippen LogP contribution in [0.5, 0.6) is 0 Å². The molecule has 0 unspecified atom stereocenters. The normalized spacial score (nSPS) is 14.7. The Morgan fingerprint density at radius 1 is 0.383 bits per heavy atom. The molecule has 0 radical (unpaired) electrons. The average molecular weight is 1820 g/mol. The molecule has 20 rings (SSSR count). The highest BCUT2D eigenvalue weighted by atomic mass is 16.7. The minimum absolute atomic E-state index is 0.0691. The molecular formula is C82H96B8N16O27+2. The zero-order chi connectivity index (χ0) is 95.9. The Morgan fingerprint density at radius 2 is 0.737 bits per heavy atom. The summed E-state index contributed by atoms with van der Waals surface area (Å²) in [5.74, 6) is 2.05. The predicted octanol–water partition coefficient (Wildman–Crippen LogP) is 0.0372. The van der Waals surface area contributed by atoms with E-state index in [1.807, 2.05) is 65.1 Å². The smallest absolute Gasteiger partial charge is 0.424 e. The van der Waals surface area contributed by atoms with Gasteiger partial charge in [0.25, 0.3) is 28.9 Å². The second-order valence-corrected chi connectivity index (χ2v) is 33.1. The molecule has 43 nitrogen and oxygen atoms in total.